The summed E-state index contributed by atoms with van der Waals surface area (Å²) in [5, 5.41) is 26.5. The topological polar surface area (TPSA) is 101 Å². The minimum atomic E-state index is -0.518. The second kappa shape index (κ2) is 6.91. The van der Waals surface area contributed by atoms with Gasteiger partial charge in [-0.2, -0.15) is 0 Å². The molecule has 7 nitrogen and oxygen atoms in total. The lowest BCUT2D eigenvalue weighted by Gasteiger charge is -1.98. The van der Waals surface area contributed by atoms with E-state index in [1.54, 1.807) is 13.8 Å². The lowest BCUT2D eigenvalue weighted by atomic mass is 10.6. The van der Waals surface area contributed by atoms with Crippen molar-refractivity contribution in [1.82, 2.24) is 9.55 Å². The molecule has 0 aliphatic carbocycles. The van der Waals surface area contributed by atoms with Crippen molar-refractivity contribution >= 4 is 5.82 Å². The number of hydrogen-bond donors (Lipinski definition) is 2. The van der Waals surface area contributed by atoms with Crippen molar-refractivity contribution in [3.63, 3.8) is 0 Å². The van der Waals surface area contributed by atoms with Crippen LogP contribution in [0.15, 0.2) is 6.20 Å². The van der Waals surface area contributed by atoms with Gasteiger partial charge in [-0.15, -0.1) is 0 Å². The SMILES string of the molecule is CCO.Cc1ncc([N+](=O)[O-])n1CCO. The highest BCUT2D eigenvalue weighted by atomic mass is 16.6. The monoisotopic (exact) mass is 217 g/mol. The number of hydrogen-bond acceptors (Lipinski definition) is 5. The first kappa shape index (κ1) is 13.5. The summed E-state index contributed by atoms with van der Waals surface area (Å²) in [6.07, 6.45) is 1.19. The van der Waals surface area contributed by atoms with E-state index >= 15 is 0 Å². The van der Waals surface area contributed by atoms with Crippen molar-refractivity contribution < 1.29 is 15.1 Å². The number of nitro groups is 1. The molecule has 15 heavy (non-hydrogen) atoms. The quantitative estimate of drug-likeness (QED) is 0.552. The average molecular weight is 217 g/mol. The largest absolute Gasteiger partial charge is 0.397 e. The fourth-order valence-corrected chi connectivity index (χ4v) is 0.978. The summed E-state index contributed by atoms with van der Waals surface area (Å²) in [6.45, 7) is 3.67. The van der Waals surface area contributed by atoms with Crippen LogP contribution in [-0.4, -0.2) is 37.9 Å². The molecule has 0 radical (unpaired) electrons. The van der Waals surface area contributed by atoms with Gasteiger partial charge in [0.15, 0.2) is 5.82 Å². The first-order chi connectivity index (χ1) is 7.08. The molecule has 0 bridgehead atoms. The molecule has 1 aromatic rings. The predicted octanol–water partition coefficient (Wildman–Crippen LogP) is 0.0906. The Morgan fingerprint density at radius 1 is 1.60 bits per heavy atom. The standard InChI is InChI=1S/C6H9N3O3.C2H6O/c1-5-7-4-6(9(11)12)8(5)2-3-10;1-2-3/h4,10H,2-3H2,1H3;3H,2H2,1H3. The molecule has 0 aliphatic heterocycles. The zero-order valence-electron chi connectivity index (χ0n) is 8.75. The Bertz CT molecular complexity index is 311. The molecule has 0 amide bonds. The van der Waals surface area contributed by atoms with E-state index in [9.17, 15) is 10.1 Å². The van der Waals surface area contributed by atoms with Gasteiger partial charge in [-0.3, -0.25) is 0 Å². The lowest BCUT2D eigenvalue weighted by molar-refractivity contribution is -0.392. The second-order valence-corrected chi connectivity index (χ2v) is 2.61. The van der Waals surface area contributed by atoms with Crippen molar-refractivity contribution in [2.75, 3.05) is 13.2 Å². The minimum absolute atomic E-state index is 0.0819. The molecule has 0 saturated heterocycles. The van der Waals surface area contributed by atoms with Gasteiger partial charge in [-0.1, -0.05) is 0 Å². The van der Waals surface area contributed by atoms with E-state index in [0.29, 0.717) is 5.82 Å². The van der Waals surface area contributed by atoms with Crippen LogP contribution in [0.5, 0.6) is 0 Å². The molecule has 0 unspecified atom stereocenters. The summed E-state index contributed by atoms with van der Waals surface area (Å²) < 4.78 is 1.36. The highest BCUT2D eigenvalue weighted by molar-refractivity contribution is 5.18. The Balaban J connectivity index is 0.000000583. The van der Waals surface area contributed by atoms with Crippen molar-refractivity contribution in [2.24, 2.45) is 0 Å². The predicted molar refractivity (Wildman–Crippen MR) is 53.5 cm³/mol. The number of rotatable bonds is 3. The van der Waals surface area contributed by atoms with Crippen LogP contribution < -0.4 is 0 Å². The van der Waals surface area contributed by atoms with Gasteiger partial charge < -0.3 is 20.3 Å². The van der Waals surface area contributed by atoms with Crippen LogP contribution >= 0.6 is 0 Å². The summed E-state index contributed by atoms with van der Waals surface area (Å²) in [7, 11) is 0. The van der Waals surface area contributed by atoms with Crippen molar-refractivity contribution in [3.05, 3.63) is 22.1 Å². The molecular formula is C8H15N3O4. The van der Waals surface area contributed by atoms with Gasteiger partial charge in [0.2, 0.25) is 0 Å². The Hall–Kier alpha value is -1.47. The third kappa shape index (κ3) is 4.05. The summed E-state index contributed by atoms with van der Waals surface area (Å²) in [5.41, 5.74) is 0. The molecule has 0 atom stereocenters. The summed E-state index contributed by atoms with van der Waals surface area (Å²) in [5.74, 6) is 0.456. The fraction of sp³-hybridized carbons (Fsp3) is 0.625. The van der Waals surface area contributed by atoms with E-state index in [1.807, 2.05) is 0 Å². The van der Waals surface area contributed by atoms with Gasteiger partial charge in [-0.05, 0) is 11.8 Å². The number of imidazole rings is 1. The number of aliphatic hydroxyl groups is 2. The molecule has 0 saturated carbocycles. The van der Waals surface area contributed by atoms with Crippen LogP contribution in [0.3, 0.4) is 0 Å². The Morgan fingerprint density at radius 2 is 2.13 bits per heavy atom. The van der Waals surface area contributed by atoms with Crippen molar-refractivity contribution in [3.8, 4) is 0 Å². The summed E-state index contributed by atoms with van der Waals surface area (Å²) in [6, 6.07) is 0. The third-order valence-electron chi connectivity index (χ3n) is 1.54. The molecule has 0 fully saturated rings. The number of aryl methyl sites for hydroxylation is 1. The van der Waals surface area contributed by atoms with E-state index in [0.717, 1.165) is 0 Å². The summed E-state index contributed by atoms with van der Waals surface area (Å²) in [4.78, 5) is 13.6. The second-order valence-electron chi connectivity index (χ2n) is 2.61. The van der Waals surface area contributed by atoms with Crippen LogP contribution in [0.25, 0.3) is 0 Å². The van der Waals surface area contributed by atoms with Crippen molar-refractivity contribution in [2.45, 2.75) is 20.4 Å². The maximum atomic E-state index is 10.4. The van der Waals surface area contributed by atoms with Gasteiger partial charge >= 0.3 is 5.82 Å². The zero-order chi connectivity index (χ0) is 11.8. The van der Waals surface area contributed by atoms with Gasteiger partial charge in [0.1, 0.15) is 12.7 Å². The third-order valence-corrected chi connectivity index (χ3v) is 1.54. The van der Waals surface area contributed by atoms with E-state index in [2.05, 4.69) is 4.98 Å². The number of nitrogens with zero attached hydrogens (tertiary/aromatic N) is 3. The maximum Gasteiger partial charge on any atom is 0.342 e. The van der Waals surface area contributed by atoms with Crippen LogP contribution in [-0.2, 0) is 6.54 Å². The molecule has 86 valence electrons. The Morgan fingerprint density at radius 3 is 2.53 bits per heavy atom. The van der Waals surface area contributed by atoms with Gasteiger partial charge in [0.05, 0.1) is 6.61 Å². The number of aliphatic hydroxyl groups excluding tert-OH is 2. The van der Waals surface area contributed by atoms with Gasteiger partial charge in [-0.25, -0.2) is 9.55 Å². The van der Waals surface area contributed by atoms with Crippen LogP contribution in [0.4, 0.5) is 5.82 Å². The maximum absolute atomic E-state index is 10.4. The molecule has 0 spiro atoms. The first-order valence-corrected chi connectivity index (χ1v) is 4.46. The smallest absolute Gasteiger partial charge is 0.342 e. The lowest BCUT2D eigenvalue weighted by Crippen LogP contribution is -2.07. The Labute approximate surface area is 87.1 Å². The van der Waals surface area contributed by atoms with E-state index in [4.69, 9.17) is 10.2 Å². The normalized spacial score (nSPS) is 9.33. The highest BCUT2D eigenvalue weighted by Gasteiger charge is 2.15. The zero-order valence-corrected chi connectivity index (χ0v) is 8.75. The summed E-state index contributed by atoms with van der Waals surface area (Å²) >= 11 is 0. The van der Waals surface area contributed by atoms with Crippen LogP contribution in [0.2, 0.25) is 0 Å². The Kier molecular flexibility index (Phi) is 6.23. The van der Waals surface area contributed by atoms with E-state index < -0.39 is 4.92 Å². The molecule has 1 aromatic heterocycles. The highest BCUT2D eigenvalue weighted by Crippen LogP contribution is 2.12. The van der Waals surface area contributed by atoms with E-state index in [-0.39, 0.29) is 25.6 Å². The molecule has 0 aromatic carbocycles. The molecule has 2 N–H and O–H groups in total. The van der Waals surface area contributed by atoms with Gasteiger partial charge in [0, 0.05) is 13.5 Å². The minimum Gasteiger partial charge on any atom is -0.397 e. The molecule has 1 heterocycles. The number of aromatic nitrogens is 2. The van der Waals surface area contributed by atoms with Crippen LogP contribution in [0.1, 0.15) is 12.7 Å². The average Bonchev–Trinajstić information content (AvgIpc) is 2.50. The fourth-order valence-electron chi connectivity index (χ4n) is 0.978. The molecule has 7 heteroatoms. The van der Waals surface area contributed by atoms with Crippen molar-refractivity contribution in [1.29, 1.82) is 0 Å². The molecule has 0 aliphatic rings. The molecular weight excluding hydrogens is 202 g/mol. The van der Waals surface area contributed by atoms with Crippen LogP contribution in [0, 0.1) is 17.0 Å². The van der Waals surface area contributed by atoms with E-state index in [1.165, 1.54) is 10.8 Å². The molecule has 1 rings (SSSR count). The first-order valence-electron chi connectivity index (χ1n) is 4.46. The van der Waals surface area contributed by atoms with Gasteiger partial charge in [0.25, 0.3) is 0 Å².